The van der Waals surface area contributed by atoms with Gasteiger partial charge in [0.05, 0.1) is 11.9 Å². The van der Waals surface area contributed by atoms with E-state index in [0.29, 0.717) is 24.2 Å². The van der Waals surface area contributed by atoms with Gasteiger partial charge in [0.25, 0.3) is 5.91 Å². The van der Waals surface area contributed by atoms with E-state index in [1.807, 2.05) is 0 Å². The van der Waals surface area contributed by atoms with Crippen molar-refractivity contribution in [2.45, 2.75) is 6.42 Å². The number of hydrogen-bond donors (Lipinski definition) is 2. The van der Waals surface area contributed by atoms with Gasteiger partial charge in [-0.1, -0.05) is 0 Å². The van der Waals surface area contributed by atoms with E-state index in [4.69, 9.17) is 0 Å². The van der Waals surface area contributed by atoms with E-state index in [9.17, 15) is 13.2 Å². The molecule has 9 heteroatoms. The summed E-state index contributed by atoms with van der Waals surface area (Å²) in [5.41, 5.74) is 1.92. The molecule has 0 aliphatic carbocycles. The molecule has 2 aromatic rings. The van der Waals surface area contributed by atoms with Gasteiger partial charge in [0.15, 0.2) is 0 Å². The molecule has 0 atom stereocenters. The SMILES string of the molecule is CS(=O)(=O)N1CCc2cc(C(=O)Nc3ncn[nH]3)ccc21. The molecule has 1 amide bonds. The normalized spacial score (nSPS) is 14.0. The van der Waals surface area contributed by atoms with Gasteiger partial charge in [-0.3, -0.25) is 14.4 Å². The second-order valence-corrected chi connectivity index (χ2v) is 6.62. The molecule has 0 saturated heterocycles. The lowest BCUT2D eigenvalue weighted by molar-refractivity contribution is 0.102. The van der Waals surface area contributed by atoms with Gasteiger partial charge in [0, 0.05) is 12.1 Å². The van der Waals surface area contributed by atoms with Crippen LogP contribution in [0, 0.1) is 0 Å². The van der Waals surface area contributed by atoms with Crippen molar-refractivity contribution in [3.63, 3.8) is 0 Å². The lowest BCUT2D eigenvalue weighted by Gasteiger charge is -2.16. The summed E-state index contributed by atoms with van der Waals surface area (Å²) in [5.74, 6) is -0.0642. The summed E-state index contributed by atoms with van der Waals surface area (Å²) in [6.45, 7) is 0.404. The highest BCUT2D eigenvalue weighted by Gasteiger charge is 2.26. The fourth-order valence-electron chi connectivity index (χ4n) is 2.30. The minimum absolute atomic E-state index is 0.262. The topological polar surface area (TPSA) is 108 Å². The van der Waals surface area contributed by atoms with Crippen LogP contribution in [0.5, 0.6) is 0 Å². The molecule has 1 aliphatic heterocycles. The highest BCUT2D eigenvalue weighted by atomic mass is 32.2. The number of anilines is 2. The van der Waals surface area contributed by atoms with Crippen molar-refractivity contribution in [2.75, 3.05) is 22.4 Å². The number of amides is 1. The number of nitrogens with one attached hydrogen (secondary N) is 2. The molecule has 2 N–H and O–H groups in total. The Morgan fingerprint density at radius 2 is 2.24 bits per heavy atom. The van der Waals surface area contributed by atoms with Crippen LogP contribution in [0.2, 0.25) is 0 Å². The number of carbonyl (C=O) groups excluding carboxylic acids is 1. The number of H-pyrrole nitrogens is 1. The molecule has 0 spiro atoms. The van der Waals surface area contributed by atoms with Crippen molar-refractivity contribution in [3.8, 4) is 0 Å². The molecule has 1 aliphatic rings. The quantitative estimate of drug-likeness (QED) is 0.852. The fraction of sp³-hybridized carbons (Fsp3) is 0.250. The first kappa shape index (κ1) is 13.6. The maximum absolute atomic E-state index is 12.1. The van der Waals surface area contributed by atoms with Crippen LogP contribution in [0.3, 0.4) is 0 Å². The van der Waals surface area contributed by atoms with Gasteiger partial charge in [0.1, 0.15) is 6.33 Å². The zero-order valence-electron chi connectivity index (χ0n) is 11.2. The molecule has 0 bridgehead atoms. The zero-order valence-corrected chi connectivity index (χ0v) is 12.0. The summed E-state index contributed by atoms with van der Waals surface area (Å²) in [7, 11) is -3.28. The predicted octanol–water partition coefficient (Wildman–Crippen LogP) is 0.379. The minimum Gasteiger partial charge on any atom is -0.291 e. The predicted molar refractivity (Wildman–Crippen MR) is 76.7 cm³/mol. The summed E-state index contributed by atoms with van der Waals surface area (Å²) in [6, 6.07) is 4.94. The Hall–Kier alpha value is -2.42. The third-order valence-corrected chi connectivity index (χ3v) is 4.42. The first-order chi connectivity index (χ1) is 9.95. The van der Waals surface area contributed by atoms with Gasteiger partial charge in [-0.05, 0) is 30.2 Å². The van der Waals surface area contributed by atoms with Crippen molar-refractivity contribution < 1.29 is 13.2 Å². The molecule has 8 nitrogen and oxygen atoms in total. The van der Waals surface area contributed by atoms with E-state index in [2.05, 4.69) is 20.5 Å². The van der Waals surface area contributed by atoms with E-state index >= 15 is 0 Å². The van der Waals surface area contributed by atoms with Gasteiger partial charge < -0.3 is 0 Å². The number of aromatic nitrogens is 3. The summed E-state index contributed by atoms with van der Waals surface area (Å²) < 4.78 is 24.7. The van der Waals surface area contributed by atoms with Crippen LogP contribution in [-0.4, -0.2) is 42.3 Å². The molecule has 3 rings (SSSR count). The van der Waals surface area contributed by atoms with Gasteiger partial charge in [-0.15, -0.1) is 0 Å². The van der Waals surface area contributed by atoms with E-state index < -0.39 is 10.0 Å². The minimum atomic E-state index is -3.28. The lowest BCUT2D eigenvalue weighted by Crippen LogP contribution is -2.27. The van der Waals surface area contributed by atoms with Crippen LogP contribution < -0.4 is 9.62 Å². The average molecular weight is 307 g/mol. The molecular weight excluding hydrogens is 294 g/mol. The maximum atomic E-state index is 12.1. The zero-order chi connectivity index (χ0) is 15.0. The summed E-state index contributed by atoms with van der Waals surface area (Å²) in [5, 5.41) is 8.75. The van der Waals surface area contributed by atoms with Crippen LogP contribution in [0.1, 0.15) is 15.9 Å². The van der Waals surface area contributed by atoms with E-state index in [0.717, 1.165) is 5.56 Å². The van der Waals surface area contributed by atoms with Crippen LogP contribution >= 0.6 is 0 Å². The van der Waals surface area contributed by atoms with Crippen LogP contribution in [0.15, 0.2) is 24.5 Å². The van der Waals surface area contributed by atoms with Crippen molar-refractivity contribution in [2.24, 2.45) is 0 Å². The van der Waals surface area contributed by atoms with Gasteiger partial charge >= 0.3 is 0 Å². The lowest BCUT2D eigenvalue weighted by atomic mass is 10.1. The van der Waals surface area contributed by atoms with E-state index in [1.54, 1.807) is 18.2 Å². The Labute approximate surface area is 121 Å². The van der Waals surface area contributed by atoms with Crippen LogP contribution in [0.4, 0.5) is 11.6 Å². The summed E-state index contributed by atoms with van der Waals surface area (Å²) in [4.78, 5) is 15.9. The smallest absolute Gasteiger partial charge is 0.258 e. The third-order valence-electron chi connectivity index (χ3n) is 3.24. The molecular formula is C12H13N5O3S. The fourth-order valence-corrected chi connectivity index (χ4v) is 3.26. The van der Waals surface area contributed by atoms with E-state index in [1.165, 1.54) is 16.9 Å². The molecule has 2 heterocycles. The Morgan fingerprint density at radius 3 is 2.90 bits per heavy atom. The number of hydrogen-bond acceptors (Lipinski definition) is 5. The van der Waals surface area contributed by atoms with Crippen molar-refractivity contribution >= 4 is 27.6 Å². The van der Waals surface area contributed by atoms with E-state index in [-0.39, 0.29) is 11.9 Å². The molecule has 1 aromatic heterocycles. The number of benzene rings is 1. The number of fused-ring (bicyclic) bond motifs is 1. The number of aromatic amines is 1. The summed E-state index contributed by atoms with van der Waals surface area (Å²) >= 11 is 0. The monoisotopic (exact) mass is 307 g/mol. The van der Waals surface area contributed by atoms with Crippen molar-refractivity contribution in [1.29, 1.82) is 0 Å². The number of sulfonamides is 1. The number of rotatable bonds is 3. The molecule has 0 unspecified atom stereocenters. The average Bonchev–Trinajstić information content (AvgIpc) is 3.05. The molecule has 0 fully saturated rings. The second kappa shape index (κ2) is 4.85. The van der Waals surface area contributed by atoms with Crippen LogP contribution in [-0.2, 0) is 16.4 Å². The largest absolute Gasteiger partial charge is 0.291 e. The molecule has 1 aromatic carbocycles. The van der Waals surface area contributed by atoms with Crippen molar-refractivity contribution in [3.05, 3.63) is 35.7 Å². The molecule has 21 heavy (non-hydrogen) atoms. The highest BCUT2D eigenvalue weighted by molar-refractivity contribution is 7.92. The molecule has 0 saturated carbocycles. The van der Waals surface area contributed by atoms with Crippen molar-refractivity contribution in [1.82, 2.24) is 15.2 Å². The maximum Gasteiger partial charge on any atom is 0.258 e. The number of carbonyl (C=O) groups is 1. The number of nitrogens with zero attached hydrogens (tertiary/aromatic N) is 3. The Morgan fingerprint density at radius 1 is 1.43 bits per heavy atom. The molecule has 110 valence electrons. The molecule has 0 radical (unpaired) electrons. The Kier molecular flexibility index (Phi) is 3.13. The Balaban J connectivity index is 1.86. The van der Waals surface area contributed by atoms with Gasteiger partial charge in [0.2, 0.25) is 16.0 Å². The Bertz CT molecular complexity index is 785. The standard InChI is InChI=1S/C12H13N5O3S/c1-21(19,20)17-5-4-8-6-9(2-3-10(8)17)11(18)15-12-13-7-14-16-12/h2-3,6-7H,4-5H2,1H3,(H2,13,14,15,16,18). The summed E-state index contributed by atoms with van der Waals surface area (Å²) in [6.07, 6.45) is 3.06. The third kappa shape index (κ3) is 2.59. The van der Waals surface area contributed by atoms with Crippen LogP contribution in [0.25, 0.3) is 0 Å². The second-order valence-electron chi connectivity index (χ2n) is 4.72. The first-order valence-corrected chi connectivity index (χ1v) is 8.07. The van der Waals surface area contributed by atoms with Gasteiger partial charge in [-0.2, -0.15) is 10.1 Å². The van der Waals surface area contributed by atoms with Gasteiger partial charge in [-0.25, -0.2) is 13.5 Å². The highest BCUT2D eigenvalue weighted by Crippen LogP contribution is 2.30. The first-order valence-electron chi connectivity index (χ1n) is 6.22.